The minimum atomic E-state index is -1.28. The summed E-state index contributed by atoms with van der Waals surface area (Å²) < 4.78 is 22.7. The predicted octanol–water partition coefficient (Wildman–Crippen LogP) is 6.84. The van der Waals surface area contributed by atoms with E-state index in [0.29, 0.717) is 17.9 Å². The lowest BCUT2D eigenvalue weighted by atomic mass is 9.76. The highest BCUT2D eigenvalue weighted by Gasteiger charge is 2.53. The molecule has 6 rings (SSSR count). The van der Waals surface area contributed by atoms with E-state index >= 15 is 4.39 Å². The molecule has 0 saturated heterocycles. The second-order valence-corrected chi connectivity index (χ2v) is 11.8. The van der Waals surface area contributed by atoms with Crippen LogP contribution in [0.3, 0.4) is 0 Å². The van der Waals surface area contributed by atoms with Crippen molar-refractivity contribution in [3.8, 4) is 11.4 Å². The van der Waals surface area contributed by atoms with Crippen LogP contribution in [0, 0.1) is 11.7 Å². The molecular weight excluding hydrogens is 533 g/mol. The number of aryl methyl sites for hydroxylation is 1. The maximum absolute atomic E-state index is 15.2. The van der Waals surface area contributed by atoms with Crippen LogP contribution < -0.4 is 10.1 Å². The topological polar surface area (TPSA) is 93.4 Å². The molecule has 2 saturated carbocycles. The van der Waals surface area contributed by atoms with E-state index in [4.69, 9.17) is 21.4 Å². The number of aliphatic carboxylic acids is 1. The molecule has 2 aromatic carbocycles. The number of benzene rings is 2. The Balaban J connectivity index is 1.35. The molecule has 0 aliphatic heterocycles. The predicted molar refractivity (Wildman–Crippen MR) is 150 cm³/mol. The van der Waals surface area contributed by atoms with Crippen molar-refractivity contribution in [1.29, 1.82) is 0 Å². The highest BCUT2D eigenvalue weighted by atomic mass is 35.5. The van der Waals surface area contributed by atoms with Crippen molar-refractivity contribution in [2.45, 2.75) is 82.1 Å². The van der Waals surface area contributed by atoms with Gasteiger partial charge in [0, 0.05) is 23.9 Å². The first-order valence-corrected chi connectivity index (χ1v) is 14.6. The number of nitrogens with one attached hydrogen (secondary N) is 1. The minimum absolute atomic E-state index is 0.0461. The summed E-state index contributed by atoms with van der Waals surface area (Å²) in [5.41, 5.74) is 2.69. The summed E-state index contributed by atoms with van der Waals surface area (Å²) in [6.45, 7) is 0. The molecule has 7 nitrogen and oxygen atoms in total. The summed E-state index contributed by atoms with van der Waals surface area (Å²) in [7, 11) is 0. The zero-order chi connectivity index (χ0) is 27.9. The molecule has 9 heteroatoms. The number of aromatic nitrogens is 2. The number of amides is 1. The van der Waals surface area contributed by atoms with Crippen molar-refractivity contribution < 1.29 is 23.8 Å². The number of halogens is 2. The molecule has 0 spiro atoms. The number of carboxylic acids is 1. The van der Waals surface area contributed by atoms with Gasteiger partial charge in [-0.25, -0.2) is 13.9 Å². The molecule has 1 aromatic heterocycles. The fourth-order valence-electron chi connectivity index (χ4n) is 6.28. The van der Waals surface area contributed by atoms with Crippen molar-refractivity contribution in [3.63, 3.8) is 0 Å². The highest BCUT2D eigenvalue weighted by molar-refractivity contribution is 6.30. The number of hydrogen-bond acceptors (Lipinski definition) is 4. The zero-order valence-electron chi connectivity index (χ0n) is 22.3. The van der Waals surface area contributed by atoms with Gasteiger partial charge < -0.3 is 15.2 Å². The maximum atomic E-state index is 15.2. The van der Waals surface area contributed by atoms with Gasteiger partial charge in [0.2, 0.25) is 11.5 Å². The van der Waals surface area contributed by atoms with Gasteiger partial charge in [-0.3, -0.25) is 4.79 Å². The van der Waals surface area contributed by atoms with Gasteiger partial charge in [-0.2, -0.15) is 5.10 Å². The van der Waals surface area contributed by atoms with Gasteiger partial charge in [0.15, 0.2) is 0 Å². The van der Waals surface area contributed by atoms with Crippen LogP contribution in [-0.2, 0) is 22.4 Å². The van der Waals surface area contributed by atoms with E-state index < -0.39 is 23.3 Å². The number of carbonyl (C=O) groups excluding carboxylic acids is 1. The first kappa shape index (κ1) is 26.8. The number of ether oxygens (including phenoxy) is 1. The third-order valence-corrected chi connectivity index (χ3v) is 8.82. The second-order valence-electron chi connectivity index (χ2n) is 11.3. The summed E-state index contributed by atoms with van der Waals surface area (Å²) in [5.74, 6) is -2.23. The highest BCUT2D eigenvalue weighted by Crippen LogP contribution is 2.43. The number of fused-ring (bicyclic) bond motifs is 1. The molecule has 3 aliphatic rings. The largest absolute Gasteiger partial charge is 0.478 e. The molecule has 40 heavy (non-hydrogen) atoms. The van der Waals surface area contributed by atoms with Crippen LogP contribution in [0.5, 0.6) is 5.75 Å². The Morgan fingerprint density at radius 2 is 1.77 bits per heavy atom. The van der Waals surface area contributed by atoms with Gasteiger partial charge in [0.1, 0.15) is 11.6 Å². The van der Waals surface area contributed by atoms with Gasteiger partial charge in [-0.15, -0.1) is 0 Å². The average molecular weight is 566 g/mol. The fourth-order valence-corrected chi connectivity index (χ4v) is 6.40. The SMILES string of the molecule is O=C(Nc1ccc(OC2(C(=O)O)CC2)cc1F)[C@@H](c1c2c(nn1-c1ccc(Cl)cc1)CCCC2)C1CCCCC1. The quantitative estimate of drug-likeness (QED) is 0.312. The lowest BCUT2D eigenvalue weighted by Crippen LogP contribution is -2.32. The lowest BCUT2D eigenvalue weighted by Gasteiger charge is -2.31. The van der Waals surface area contributed by atoms with Crippen LogP contribution >= 0.6 is 11.6 Å². The summed E-state index contributed by atoms with van der Waals surface area (Å²) in [5, 5.41) is 17.9. The van der Waals surface area contributed by atoms with E-state index in [1.54, 1.807) is 0 Å². The van der Waals surface area contributed by atoms with E-state index in [1.807, 2.05) is 28.9 Å². The van der Waals surface area contributed by atoms with Crippen molar-refractivity contribution in [1.82, 2.24) is 9.78 Å². The van der Waals surface area contributed by atoms with Crippen molar-refractivity contribution in [2.24, 2.45) is 5.92 Å². The standard InChI is InChI=1S/C31H33ClFN3O4/c32-20-10-12-21(13-11-20)36-28(23-8-4-5-9-25(23)35-36)27(19-6-2-1-3-7-19)29(37)34-26-15-14-22(18-24(26)33)40-31(16-17-31)30(38)39/h10-15,18-19,27H,1-9,16-17H2,(H,34,37)(H,38,39)/t27-/m1/s1. The smallest absolute Gasteiger partial charge is 0.348 e. The first-order chi connectivity index (χ1) is 19.3. The summed E-state index contributed by atoms with van der Waals surface area (Å²) in [4.78, 5) is 25.6. The molecule has 1 amide bonds. The van der Waals surface area contributed by atoms with Crippen molar-refractivity contribution >= 4 is 29.2 Å². The van der Waals surface area contributed by atoms with Crippen LogP contribution in [0.1, 0.15) is 80.7 Å². The van der Waals surface area contributed by atoms with Gasteiger partial charge in [-0.1, -0.05) is 30.9 Å². The molecule has 2 fully saturated rings. The molecule has 0 radical (unpaired) electrons. The van der Waals surface area contributed by atoms with Crippen LogP contribution in [0.2, 0.25) is 5.02 Å². The summed E-state index contributed by atoms with van der Waals surface area (Å²) >= 11 is 6.18. The summed E-state index contributed by atoms with van der Waals surface area (Å²) in [6.07, 6.45) is 9.70. The second kappa shape index (κ2) is 10.9. The number of nitrogens with zero attached hydrogens (tertiary/aromatic N) is 2. The van der Waals surface area contributed by atoms with Crippen molar-refractivity contribution in [3.05, 3.63) is 70.3 Å². The Hall–Kier alpha value is -3.39. The van der Waals surface area contributed by atoms with E-state index in [2.05, 4.69) is 5.32 Å². The number of carboxylic acid groups (broad SMARTS) is 1. The maximum Gasteiger partial charge on any atom is 0.348 e. The van der Waals surface area contributed by atoms with Gasteiger partial charge >= 0.3 is 5.97 Å². The van der Waals surface area contributed by atoms with Gasteiger partial charge in [-0.05, 0) is 86.4 Å². The lowest BCUT2D eigenvalue weighted by molar-refractivity contribution is -0.147. The summed E-state index contributed by atoms with van der Waals surface area (Å²) in [6, 6.07) is 11.6. The third kappa shape index (κ3) is 5.21. The van der Waals surface area contributed by atoms with Gasteiger partial charge in [0.25, 0.3) is 0 Å². The van der Waals surface area contributed by atoms with E-state index in [-0.39, 0.29) is 23.3 Å². The van der Waals surface area contributed by atoms with Crippen LogP contribution in [-0.4, -0.2) is 32.4 Å². The Bertz CT molecular complexity index is 1430. The monoisotopic (exact) mass is 565 g/mol. The van der Waals surface area contributed by atoms with E-state index in [1.165, 1.54) is 12.1 Å². The Morgan fingerprint density at radius 3 is 2.45 bits per heavy atom. The van der Waals surface area contributed by atoms with E-state index in [9.17, 15) is 14.7 Å². The molecule has 0 unspecified atom stereocenters. The normalized spacial score (nSPS) is 18.9. The number of hydrogen-bond donors (Lipinski definition) is 2. The molecule has 1 heterocycles. The van der Waals surface area contributed by atoms with Crippen molar-refractivity contribution in [2.75, 3.05) is 5.32 Å². The third-order valence-electron chi connectivity index (χ3n) is 8.57. The molecule has 210 valence electrons. The molecular formula is C31H33ClFN3O4. The molecule has 0 bridgehead atoms. The Morgan fingerprint density at radius 1 is 1.05 bits per heavy atom. The minimum Gasteiger partial charge on any atom is -0.478 e. The Labute approximate surface area is 237 Å². The fraction of sp³-hybridized carbons (Fsp3) is 0.452. The molecule has 3 aliphatic carbocycles. The van der Waals surface area contributed by atoms with Crippen LogP contribution in [0.15, 0.2) is 42.5 Å². The molecule has 3 aromatic rings. The van der Waals surface area contributed by atoms with Gasteiger partial charge in [0.05, 0.1) is 28.7 Å². The number of carbonyl (C=O) groups is 2. The molecule has 2 N–H and O–H groups in total. The average Bonchev–Trinajstić information content (AvgIpc) is 3.65. The van der Waals surface area contributed by atoms with Crippen LogP contribution in [0.4, 0.5) is 10.1 Å². The zero-order valence-corrected chi connectivity index (χ0v) is 23.1. The Kier molecular flexibility index (Phi) is 7.29. The molecule has 1 atom stereocenters. The van der Waals surface area contributed by atoms with Crippen LogP contribution in [0.25, 0.3) is 5.69 Å². The first-order valence-electron chi connectivity index (χ1n) is 14.2. The number of anilines is 1. The number of rotatable bonds is 8. The van der Waals surface area contributed by atoms with E-state index in [0.717, 1.165) is 86.5 Å².